The van der Waals surface area contributed by atoms with Crippen LogP contribution in [0.2, 0.25) is 0 Å². The molecule has 2 aromatic rings. The number of nitrogens with two attached hydrogens (primary N) is 1. The van der Waals surface area contributed by atoms with Gasteiger partial charge in [0.15, 0.2) is 11.6 Å². The van der Waals surface area contributed by atoms with Gasteiger partial charge >= 0.3 is 5.97 Å². The summed E-state index contributed by atoms with van der Waals surface area (Å²) in [5.74, 6) is 1.11. The minimum atomic E-state index is -0.141. The average molecular weight is 355 g/mol. The number of carbonyl (C=O) groups excluding carboxylic acids is 1. The van der Waals surface area contributed by atoms with E-state index in [1.165, 1.54) is 19.0 Å². The van der Waals surface area contributed by atoms with E-state index in [9.17, 15) is 4.79 Å². The van der Waals surface area contributed by atoms with E-state index in [2.05, 4.69) is 39.2 Å². The minimum absolute atomic E-state index is 0.0472. The summed E-state index contributed by atoms with van der Waals surface area (Å²) < 4.78 is 4.84. The second kappa shape index (κ2) is 8.03. The number of rotatable bonds is 5. The molecule has 1 aromatic heterocycles. The molecule has 1 aliphatic rings. The zero-order valence-electron chi connectivity index (χ0n) is 15.2. The Morgan fingerprint density at radius 2 is 1.96 bits per heavy atom. The van der Waals surface area contributed by atoms with Gasteiger partial charge in [-0.2, -0.15) is 0 Å². The van der Waals surface area contributed by atoms with Crippen LogP contribution in [0.3, 0.4) is 0 Å². The SMILES string of the molecule is CCc1ccc(Nc2ncnc(N3CCC(C(=O)OC)CC3)c2N)cc1. The van der Waals surface area contributed by atoms with Gasteiger partial charge in [0, 0.05) is 18.8 Å². The van der Waals surface area contributed by atoms with Crippen molar-refractivity contribution >= 4 is 29.0 Å². The van der Waals surface area contributed by atoms with E-state index in [0.717, 1.165) is 24.9 Å². The summed E-state index contributed by atoms with van der Waals surface area (Å²) in [6.45, 7) is 3.55. The molecule has 1 fully saturated rings. The lowest BCUT2D eigenvalue weighted by Crippen LogP contribution is -2.37. The number of ether oxygens (including phenoxy) is 1. The number of piperidine rings is 1. The first kappa shape index (κ1) is 18.0. The largest absolute Gasteiger partial charge is 0.469 e. The molecular weight excluding hydrogens is 330 g/mol. The number of hydrogen-bond acceptors (Lipinski definition) is 7. The van der Waals surface area contributed by atoms with Crippen LogP contribution < -0.4 is 16.0 Å². The molecule has 1 aliphatic heterocycles. The van der Waals surface area contributed by atoms with Crippen molar-refractivity contribution in [3.63, 3.8) is 0 Å². The van der Waals surface area contributed by atoms with Gasteiger partial charge in [-0.1, -0.05) is 19.1 Å². The number of nitrogens with zero attached hydrogens (tertiary/aromatic N) is 3. The summed E-state index contributed by atoms with van der Waals surface area (Å²) in [5, 5.41) is 3.26. The third-order valence-corrected chi connectivity index (χ3v) is 4.82. The highest BCUT2D eigenvalue weighted by molar-refractivity contribution is 5.78. The molecule has 2 heterocycles. The maximum absolute atomic E-state index is 11.7. The van der Waals surface area contributed by atoms with Crippen molar-refractivity contribution in [2.45, 2.75) is 26.2 Å². The van der Waals surface area contributed by atoms with E-state index in [1.54, 1.807) is 0 Å². The van der Waals surface area contributed by atoms with Crippen LogP contribution in [0.15, 0.2) is 30.6 Å². The van der Waals surface area contributed by atoms with Crippen LogP contribution in [0.25, 0.3) is 0 Å². The highest BCUT2D eigenvalue weighted by Gasteiger charge is 2.27. The fraction of sp³-hybridized carbons (Fsp3) is 0.421. The zero-order chi connectivity index (χ0) is 18.5. The lowest BCUT2D eigenvalue weighted by Gasteiger charge is -2.32. The zero-order valence-corrected chi connectivity index (χ0v) is 15.2. The van der Waals surface area contributed by atoms with Gasteiger partial charge in [-0.05, 0) is 37.0 Å². The summed E-state index contributed by atoms with van der Waals surface area (Å²) in [7, 11) is 1.43. The van der Waals surface area contributed by atoms with E-state index in [-0.39, 0.29) is 11.9 Å². The van der Waals surface area contributed by atoms with Crippen LogP contribution >= 0.6 is 0 Å². The molecule has 26 heavy (non-hydrogen) atoms. The molecule has 3 rings (SSSR count). The predicted molar refractivity (Wildman–Crippen MR) is 103 cm³/mol. The number of aromatic nitrogens is 2. The molecule has 0 amide bonds. The van der Waals surface area contributed by atoms with Crippen molar-refractivity contribution in [3.8, 4) is 0 Å². The summed E-state index contributed by atoms with van der Waals surface area (Å²) >= 11 is 0. The van der Waals surface area contributed by atoms with Gasteiger partial charge < -0.3 is 20.7 Å². The number of hydrogen-bond donors (Lipinski definition) is 2. The van der Waals surface area contributed by atoms with Crippen LogP contribution in [-0.4, -0.2) is 36.1 Å². The van der Waals surface area contributed by atoms with E-state index in [0.29, 0.717) is 30.4 Å². The molecule has 7 heteroatoms. The smallest absolute Gasteiger partial charge is 0.308 e. The van der Waals surface area contributed by atoms with Crippen LogP contribution in [0.1, 0.15) is 25.3 Å². The van der Waals surface area contributed by atoms with Crippen molar-refractivity contribution < 1.29 is 9.53 Å². The minimum Gasteiger partial charge on any atom is -0.469 e. The maximum atomic E-state index is 11.7. The first-order valence-corrected chi connectivity index (χ1v) is 8.91. The van der Waals surface area contributed by atoms with E-state index < -0.39 is 0 Å². The van der Waals surface area contributed by atoms with Gasteiger partial charge in [0.25, 0.3) is 0 Å². The van der Waals surface area contributed by atoms with Gasteiger partial charge in [-0.15, -0.1) is 0 Å². The molecule has 0 spiro atoms. The Balaban J connectivity index is 1.72. The third-order valence-electron chi connectivity index (χ3n) is 4.82. The number of methoxy groups -OCH3 is 1. The summed E-state index contributed by atoms with van der Waals surface area (Å²) in [6.07, 6.45) is 3.98. The molecule has 1 aromatic carbocycles. The van der Waals surface area contributed by atoms with E-state index >= 15 is 0 Å². The molecule has 0 radical (unpaired) electrons. The van der Waals surface area contributed by atoms with Crippen molar-refractivity contribution in [2.24, 2.45) is 5.92 Å². The van der Waals surface area contributed by atoms with Gasteiger partial charge in [-0.25, -0.2) is 9.97 Å². The topological polar surface area (TPSA) is 93.4 Å². The number of nitrogens with one attached hydrogen (secondary N) is 1. The number of esters is 1. The molecule has 0 aliphatic carbocycles. The van der Waals surface area contributed by atoms with Crippen molar-refractivity contribution in [1.29, 1.82) is 0 Å². The number of anilines is 4. The molecule has 138 valence electrons. The normalized spacial score (nSPS) is 14.9. The molecule has 3 N–H and O–H groups in total. The fourth-order valence-corrected chi connectivity index (χ4v) is 3.19. The number of nitrogen functional groups attached to an aromatic ring is 1. The van der Waals surface area contributed by atoms with E-state index in [1.807, 2.05) is 12.1 Å². The lowest BCUT2D eigenvalue weighted by molar-refractivity contribution is -0.146. The second-order valence-corrected chi connectivity index (χ2v) is 6.42. The molecule has 1 saturated heterocycles. The van der Waals surface area contributed by atoms with Crippen molar-refractivity contribution in [2.75, 3.05) is 36.1 Å². The van der Waals surface area contributed by atoms with Gasteiger partial charge in [0.1, 0.15) is 12.0 Å². The molecule has 0 atom stereocenters. The standard InChI is InChI=1S/C19H25N5O2/c1-3-13-4-6-15(7-5-13)23-17-16(20)18(22-12-21-17)24-10-8-14(9-11-24)19(25)26-2/h4-7,12,14H,3,8-11,20H2,1-2H3,(H,21,22,23). The van der Waals surface area contributed by atoms with Crippen LogP contribution in [-0.2, 0) is 16.0 Å². The molecular formula is C19H25N5O2. The van der Waals surface area contributed by atoms with Crippen molar-refractivity contribution in [3.05, 3.63) is 36.2 Å². The van der Waals surface area contributed by atoms with Crippen LogP contribution in [0.4, 0.5) is 23.0 Å². The van der Waals surface area contributed by atoms with Crippen molar-refractivity contribution in [1.82, 2.24) is 9.97 Å². The summed E-state index contributed by atoms with van der Waals surface area (Å²) in [4.78, 5) is 22.4. The van der Waals surface area contributed by atoms with Gasteiger partial charge in [-0.3, -0.25) is 4.79 Å². The Bertz CT molecular complexity index is 755. The number of benzene rings is 1. The van der Waals surface area contributed by atoms with Gasteiger partial charge in [0.2, 0.25) is 0 Å². The maximum Gasteiger partial charge on any atom is 0.308 e. The summed E-state index contributed by atoms with van der Waals surface area (Å²) in [6, 6.07) is 8.19. The summed E-state index contributed by atoms with van der Waals surface area (Å²) in [5.41, 5.74) is 9.05. The first-order valence-electron chi connectivity index (χ1n) is 8.91. The third kappa shape index (κ3) is 3.87. The lowest BCUT2D eigenvalue weighted by atomic mass is 9.97. The second-order valence-electron chi connectivity index (χ2n) is 6.42. The Morgan fingerprint density at radius 3 is 2.58 bits per heavy atom. The highest BCUT2D eigenvalue weighted by Crippen LogP contribution is 2.31. The quantitative estimate of drug-likeness (QED) is 0.797. The Hall–Kier alpha value is -2.83. The molecule has 0 unspecified atom stereocenters. The Kier molecular flexibility index (Phi) is 5.55. The number of aryl methyl sites for hydroxylation is 1. The highest BCUT2D eigenvalue weighted by atomic mass is 16.5. The molecule has 0 saturated carbocycles. The average Bonchev–Trinajstić information content (AvgIpc) is 2.69. The monoisotopic (exact) mass is 355 g/mol. The first-order chi connectivity index (χ1) is 12.6. The Morgan fingerprint density at radius 1 is 1.27 bits per heavy atom. The van der Waals surface area contributed by atoms with Crippen LogP contribution in [0, 0.1) is 5.92 Å². The van der Waals surface area contributed by atoms with E-state index in [4.69, 9.17) is 10.5 Å². The molecule has 7 nitrogen and oxygen atoms in total. The number of carbonyl (C=O) groups is 1. The van der Waals surface area contributed by atoms with Crippen LogP contribution in [0.5, 0.6) is 0 Å². The van der Waals surface area contributed by atoms with Gasteiger partial charge in [0.05, 0.1) is 13.0 Å². The Labute approximate surface area is 153 Å². The molecule has 0 bridgehead atoms. The predicted octanol–water partition coefficient (Wildman–Crippen LogP) is 2.75. The fourth-order valence-electron chi connectivity index (χ4n) is 3.19.